The third kappa shape index (κ3) is 7.77. The third-order valence-corrected chi connectivity index (χ3v) is 5.69. The van der Waals surface area contributed by atoms with E-state index in [1.807, 2.05) is 71.9 Å². The van der Waals surface area contributed by atoms with Crippen LogP contribution in [0.15, 0.2) is 60.8 Å². The summed E-state index contributed by atoms with van der Waals surface area (Å²) in [5.74, 6) is 0.436. The van der Waals surface area contributed by atoms with Gasteiger partial charge in [0, 0.05) is 55.0 Å². The van der Waals surface area contributed by atoms with E-state index in [-0.39, 0.29) is 5.91 Å². The van der Waals surface area contributed by atoms with Gasteiger partial charge >= 0.3 is 6.09 Å². The lowest BCUT2D eigenvalue weighted by atomic mass is 10.2. The molecule has 0 atom stereocenters. The van der Waals surface area contributed by atoms with Gasteiger partial charge in [-0.2, -0.15) is 0 Å². The maximum absolute atomic E-state index is 13.2. The van der Waals surface area contributed by atoms with Crippen molar-refractivity contribution in [3.05, 3.63) is 77.7 Å². The van der Waals surface area contributed by atoms with Gasteiger partial charge in [-0.3, -0.25) is 14.7 Å². The molecule has 196 valence electrons. The van der Waals surface area contributed by atoms with Gasteiger partial charge in [-0.15, -0.1) is 0 Å². The van der Waals surface area contributed by atoms with Crippen LogP contribution in [0.1, 0.15) is 56.4 Å². The number of hydrogen-bond acceptors (Lipinski definition) is 6. The standard InChI is InChI=1S/C29H37N5O3/c1-7-33(8-2)26-25(17-12-21(3)31-26)27(35)32-23-13-15-24(16-14-23)34(28(36)37-29(4,5)6)20-18-22-11-9-10-19-30-22/h9-17,19H,7-8,18,20H2,1-6H3,(H,32,35). The van der Waals surface area contributed by atoms with E-state index < -0.39 is 11.7 Å². The summed E-state index contributed by atoms with van der Waals surface area (Å²) in [5, 5.41) is 2.96. The van der Waals surface area contributed by atoms with E-state index in [0.717, 1.165) is 24.5 Å². The van der Waals surface area contributed by atoms with Crippen molar-refractivity contribution in [1.82, 2.24) is 9.97 Å². The lowest BCUT2D eigenvalue weighted by Crippen LogP contribution is -2.38. The first-order chi connectivity index (χ1) is 17.6. The van der Waals surface area contributed by atoms with Gasteiger partial charge in [0.05, 0.1) is 5.56 Å². The summed E-state index contributed by atoms with van der Waals surface area (Å²) < 4.78 is 5.65. The summed E-state index contributed by atoms with van der Waals surface area (Å²) in [5.41, 5.74) is 2.92. The highest BCUT2D eigenvalue weighted by atomic mass is 16.6. The van der Waals surface area contributed by atoms with E-state index in [9.17, 15) is 9.59 Å². The Kier molecular flexibility index (Phi) is 9.22. The molecule has 0 saturated heterocycles. The minimum absolute atomic E-state index is 0.235. The molecule has 3 aromatic rings. The van der Waals surface area contributed by atoms with E-state index in [1.54, 1.807) is 35.4 Å². The molecule has 2 aromatic heterocycles. The normalized spacial score (nSPS) is 11.1. The zero-order valence-electron chi connectivity index (χ0n) is 22.6. The summed E-state index contributed by atoms with van der Waals surface area (Å²) in [7, 11) is 0. The molecule has 0 bridgehead atoms. The molecule has 8 nitrogen and oxygen atoms in total. The van der Waals surface area contributed by atoms with Crippen molar-refractivity contribution in [2.24, 2.45) is 0 Å². The number of ether oxygens (including phenoxy) is 1. The molecule has 2 heterocycles. The van der Waals surface area contributed by atoms with Crippen LogP contribution in [-0.2, 0) is 11.2 Å². The molecule has 2 amide bonds. The largest absolute Gasteiger partial charge is 0.443 e. The molecule has 1 N–H and O–H groups in total. The summed E-state index contributed by atoms with van der Waals surface area (Å²) >= 11 is 0. The van der Waals surface area contributed by atoms with Crippen molar-refractivity contribution in [3.8, 4) is 0 Å². The van der Waals surface area contributed by atoms with Gasteiger partial charge in [0.2, 0.25) is 0 Å². The van der Waals surface area contributed by atoms with Gasteiger partial charge in [-0.25, -0.2) is 9.78 Å². The van der Waals surface area contributed by atoms with E-state index >= 15 is 0 Å². The maximum Gasteiger partial charge on any atom is 0.414 e. The van der Waals surface area contributed by atoms with Crippen LogP contribution in [0.4, 0.5) is 22.0 Å². The fourth-order valence-electron chi connectivity index (χ4n) is 3.82. The number of nitrogens with one attached hydrogen (secondary N) is 1. The summed E-state index contributed by atoms with van der Waals surface area (Å²) in [6, 6.07) is 16.5. The van der Waals surface area contributed by atoms with Crippen molar-refractivity contribution in [1.29, 1.82) is 0 Å². The summed E-state index contributed by atoms with van der Waals surface area (Å²) in [6.45, 7) is 13.4. The molecule has 0 saturated carbocycles. The number of nitrogens with zero attached hydrogens (tertiary/aromatic N) is 4. The molecule has 0 fully saturated rings. The second-order valence-corrected chi connectivity index (χ2v) is 9.70. The maximum atomic E-state index is 13.2. The van der Waals surface area contributed by atoms with Gasteiger partial charge in [-0.1, -0.05) is 6.07 Å². The average molecular weight is 504 g/mol. The van der Waals surface area contributed by atoms with Crippen LogP contribution < -0.4 is 15.1 Å². The number of rotatable bonds is 9. The van der Waals surface area contributed by atoms with Crippen LogP contribution in [0.5, 0.6) is 0 Å². The van der Waals surface area contributed by atoms with Crippen LogP contribution in [0.3, 0.4) is 0 Å². The predicted octanol–water partition coefficient (Wildman–Crippen LogP) is 5.87. The number of pyridine rings is 2. The minimum atomic E-state index is -0.626. The van der Waals surface area contributed by atoms with Gasteiger partial charge < -0.3 is 15.0 Å². The van der Waals surface area contributed by atoms with Crippen LogP contribution in [0.2, 0.25) is 0 Å². The molecule has 3 rings (SSSR count). The molecule has 1 aromatic carbocycles. The second-order valence-electron chi connectivity index (χ2n) is 9.70. The van der Waals surface area contributed by atoms with E-state index in [0.29, 0.717) is 35.7 Å². The highest BCUT2D eigenvalue weighted by molar-refractivity contribution is 6.07. The fourth-order valence-corrected chi connectivity index (χ4v) is 3.82. The Labute approximate surface area is 219 Å². The number of hydrogen-bond donors (Lipinski definition) is 1. The van der Waals surface area contributed by atoms with Crippen molar-refractivity contribution in [2.75, 3.05) is 34.8 Å². The predicted molar refractivity (Wildman–Crippen MR) is 148 cm³/mol. The molecular formula is C29H37N5O3. The minimum Gasteiger partial charge on any atom is -0.443 e. The number of carbonyl (C=O) groups excluding carboxylic acids is 2. The topological polar surface area (TPSA) is 87.7 Å². The van der Waals surface area contributed by atoms with Crippen molar-refractivity contribution < 1.29 is 14.3 Å². The highest BCUT2D eigenvalue weighted by Gasteiger charge is 2.24. The lowest BCUT2D eigenvalue weighted by Gasteiger charge is -2.27. The van der Waals surface area contributed by atoms with E-state index in [2.05, 4.69) is 20.2 Å². The molecule has 37 heavy (non-hydrogen) atoms. The monoisotopic (exact) mass is 503 g/mol. The van der Waals surface area contributed by atoms with Crippen LogP contribution >= 0.6 is 0 Å². The average Bonchev–Trinajstić information content (AvgIpc) is 2.85. The number of benzene rings is 1. The molecule has 0 unspecified atom stereocenters. The van der Waals surface area contributed by atoms with Gasteiger partial charge in [-0.05, 0) is 90.1 Å². The smallest absolute Gasteiger partial charge is 0.414 e. The molecule has 0 radical (unpaired) electrons. The Morgan fingerprint density at radius 2 is 1.68 bits per heavy atom. The number of carbonyl (C=O) groups is 2. The first-order valence-electron chi connectivity index (χ1n) is 12.7. The molecule has 0 aliphatic rings. The summed E-state index contributed by atoms with van der Waals surface area (Å²) in [6.07, 6.45) is 1.88. The second kappa shape index (κ2) is 12.3. The number of aryl methyl sites for hydroxylation is 1. The first kappa shape index (κ1) is 27.6. The molecule has 8 heteroatoms. The third-order valence-electron chi connectivity index (χ3n) is 5.69. The van der Waals surface area contributed by atoms with E-state index in [1.165, 1.54) is 0 Å². The number of anilines is 3. The first-order valence-corrected chi connectivity index (χ1v) is 12.7. The Bertz CT molecular complexity index is 1190. The molecule has 0 aliphatic carbocycles. The highest BCUT2D eigenvalue weighted by Crippen LogP contribution is 2.24. The van der Waals surface area contributed by atoms with Gasteiger partial charge in [0.25, 0.3) is 5.91 Å². The van der Waals surface area contributed by atoms with Gasteiger partial charge in [0.1, 0.15) is 11.4 Å². The van der Waals surface area contributed by atoms with Crippen molar-refractivity contribution in [3.63, 3.8) is 0 Å². The van der Waals surface area contributed by atoms with Crippen LogP contribution in [0, 0.1) is 6.92 Å². The fraction of sp³-hybridized carbons (Fsp3) is 0.379. The Morgan fingerprint density at radius 3 is 2.27 bits per heavy atom. The van der Waals surface area contributed by atoms with Gasteiger partial charge in [0.15, 0.2) is 0 Å². The van der Waals surface area contributed by atoms with Crippen molar-refractivity contribution >= 4 is 29.2 Å². The Balaban J connectivity index is 1.80. The molecule has 0 spiro atoms. The quantitative estimate of drug-likeness (QED) is 0.393. The number of amides is 2. The summed E-state index contributed by atoms with van der Waals surface area (Å²) in [4.78, 5) is 38.8. The van der Waals surface area contributed by atoms with Crippen LogP contribution in [-0.4, -0.2) is 47.2 Å². The van der Waals surface area contributed by atoms with E-state index in [4.69, 9.17) is 4.74 Å². The number of aromatic nitrogens is 2. The lowest BCUT2D eigenvalue weighted by molar-refractivity contribution is 0.0580. The Hall–Kier alpha value is -3.94. The molecule has 0 aliphatic heterocycles. The SMILES string of the molecule is CCN(CC)c1nc(C)ccc1C(=O)Nc1ccc(N(CCc2ccccn2)C(=O)OC(C)(C)C)cc1. The zero-order chi connectivity index (χ0) is 27.0. The molecular weight excluding hydrogens is 466 g/mol. The Morgan fingerprint density at radius 1 is 0.973 bits per heavy atom. The van der Waals surface area contributed by atoms with Crippen molar-refractivity contribution in [2.45, 2.75) is 53.6 Å². The zero-order valence-corrected chi connectivity index (χ0v) is 22.6. The van der Waals surface area contributed by atoms with Crippen LogP contribution in [0.25, 0.3) is 0 Å².